The van der Waals surface area contributed by atoms with Crippen molar-refractivity contribution < 1.29 is 4.74 Å². The van der Waals surface area contributed by atoms with Crippen molar-refractivity contribution in [3.63, 3.8) is 0 Å². The van der Waals surface area contributed by atoms with E-state index in [-0.39, 0.29) is 0 Å². The number of nitrogens with zero attached hydrogens (tertiary/aromatic N) is 4. The first kappa shape index (κ1) is 18.2. The van der Waals surface area contributed by atoms with Gasteiger partial charge < -0.3 is 5.73 Å². The van der Waals surface area contributed by atoms with Gasteiger partial charge in [-0.15, -0.1) is 0 Å². The van der Waals surface area contributed by atoms with Crippen molar-refractivity contribution in [2.75, 3.05) is 30.8 Å². The van der Waals surface area contributed by atoms with E-state index in [1.54, 1.807) is 7.11 Å². The average Bonchev–Trinajstić information content (AvgIpc) is 2.61. The van der Waals surface area contributed by atoms with Gasteiger partial charge in [-0.05, 0) is 0 Å². The van der Waals surface area contributed by atoms with Crippen molar-refractivity contribution in [3.8, 4) is 5.75 Å². The summed E-state index contributed by atoms with van der Waals surface area (Å²) in [6.45, 7) is 1.93. The number of piperidine rings is 1. The molecule has 2 N–H and O–H groups in total. The van der Waals surface area contributed by atoms with E-state index < -0.39 is 18.4 Å². The molecule has 0 aliphatic carbocycles. The standard InChI is InChI=1S/C15H18N5O.3CH3.Sn/c1-21-12-4-7-17-15(10-12)20-8-5-11(6-9-20)13-2-3-14(16)19-18-13;;;;/h2-3,7,10-11H,5-6,8-9H2,1H3,(H2,16,19);3*1H3;. The van der Waals surface area contributed by atoms with Gasteiger partial charge in [0.25, 0.3) is 0 Å². The Balaban J connectivity index is 1.71. The Morgan fingerprint density at radius 1 is 1.16 bits per heavy atom. The molecule has 2 aromatic rings. The van der Waals surface area contributed by atoms with Crippen molar-refractivity contribution in [1.29, 1.82) is 0 Å². The Morgan fingerprint density at radius 2 is 1.88 bits per heavy atom. The normalized spacial score (nSPS) is 16.1. The zero-order valence-electron chi connectivity index (χ0n) is 15.5. The Hall–Kier alpha value is -1.57. The van der Waals surface area contributed by atoms with Gasteiger partial charge in [-0.3, -0.25) is 0 Å². The summed E-state index contributed by atoms with van der Waals surface area (Å²) in [6, 6.07) is 5.94. The van der Waals surface area contributed by atoms with Gasteiger partial charge in [-0.2, -0.15) is 0 Å². The third kappa shape index (κ3) is 4.16. The minimum absolute atomic E-state index is 0.441. The summed E-state index contributed by atoms with van der Waals surface area (Å²) in [6.07, 6.45) is 4.13. The first-order valence-corrected chi connectivity index (χ1v) is 18.8. The number of methoxy groups -OCH3 is 1. The Bertz CT molecular complexity index is 721. The fourth-order valence-corrected chi connectivity index (χ4v) is 7.20. The van der Waals surface area contributed by atoms with Crippen LogP contribution >= 0.6 is 0 Å². The second-order valence-corrected chi connectivity index (χ2v) is 22.0. The molecule has 25 heavy (non-hydrogen) atoms. The summed E-state index contributed by atoms with van der Waals surface area (Å²) < 4.78 is 7.00. The van der Waals surface area contributed by atoms with E-state index in [2.05, 4.69) is 36.0 Å². The van der Waals surface area contributed by atoms with Crippen molar-refractivity contribution >= 4 is 33.6 Å². The van der Waals surface area contributed by atoms with Gasteiger partial charge in [0, 0.05) is 0 Å². The number of rotatable bonds is 4. The van der Waals surface area contributed by atoms with Gasteiger partial charge >= 0.3 is 148 Å². The summed E-state index contributed by atoms with van der Waals surface area (Å²) in [4.78, 5) is 14.2. The van der Waals surface area contributed by atoms with Crippen LogP contribution in [0.2, 0.25) is 14.8 Å². The third-order valence-corrected chi connectivity index (χ3v) is 10.5. The Morgan fingerprint density at radius 3 is 2.44 bits per heavy atom. The first-order valence-electron chi connectivity index (χ1n) is 8.77. The van der Waals surface area contributed by atoms with Crippen molar-refractivity contribution in [3.05, 3.63) is 30.1 Å². The molecule has 0 amide bonds. The molecule has 1 saturated heterocycles. The molecular formula is C18H27N5OSn. The molecule has 134 valence electrons. The summed E-state index contributed by atoms with van der Waals surface area (Å²) in [5, 5.41) is 8.22. The van der Waals surface area contributed by atoms with Crippen LogP contribution in [0.3, 0.4) is 0 Å². The molecule has 0 saturated carbocycles. The molecule has 1 aliphatic rings. The zero-order chi connectivity index (χ0) is 18.0. The van der Waals surface area contributed by atoms with Gasteiger partial charge in [-0.25, -0.2) is 0 Å². The summed E-state index contributed by atoms with van der Waals surface area (Å²) >= 11 is -2.22. The van der Waals surface area contributed by atoms with Crippen molar-refractivity contribution in [1.82, 2.24) is 15.2 Å². The molecule has 3 rings (SSSR count). The number of anilines is 2. The summed E-state index contributed by atoms with van der Waals surface area (Å²) in [7, 11) is 1.76. The van der Waals surface area contributed by atoms with Crippen LogP contribution in [0.4, 0.5) is 11.6 Å². The number of ether oxygens (including phenoxy) is 1. The van der Waals surface area contributed by atoms with E-state index >= 15 is 0 Å². The monoisotopic (exact) mass is 449 g/mol. The molecule has 0 radical (unpaired) electrons. The zero-order valence-corrected chi connectivity index (χ0v) is 18.3. The van der Waals surface area contributed by atoms with E-state index in [0.29, 0.717) is 11.7 Å². The third-order valence-electron chi connectivity index (χ3n) is 4.82. The van der Waals surface area contributed by atoms with Gasteiger partial charge in [0.2, 0.25) is 0 Å². The number of hydrogen-bond acceptors (Lipinski definition) is 6. The van der Waals surface area contributed by atoms with Crippen LogP contribution in [0, 0.1) is 0 Å². The molecule has 0 aromatic carbocycles. The molecule has 0 unspecified atom stereocenters. The Kier molecular flexibility index (Phi) is 5.36. The molecule has 0 atom stereocenters. The number of nitrogen functional groups attached to an aromatic ring is 1. The predicted molar refractivity (Wildman–Crippen MR) is 104 cm³/mol. The second kappa shape index (κ2) is 7.35. The van der Waals surface area contributed by atoms with Crippen LogP contribution in [-0.4, -0.2) is 53.8 Å². The average molecular weight is 448 g/mol. The molecule has 6 nitrogen and oxygen atoms in total. The van der Waals surface area contributed by atoms with E-state index in [0.717, 1.165) is 43.2 Å². The number of hydrogen-bond donors (Lipinski definition) is 1. The van der Waals surface area contributed by atoms with Crippen LogP contribution < -0.4 is 18.9 Å². The minimum atomic E-state index is -2.22. The first-order chi connectivity index (χ1) is 11.9. The molecule has 2 aromatic heterocycles. The molecule has 0 bridgehead atoms. The molecular weight excluding hydrogens is 421 g/mol. The van der Waals surface area contributed by atoms with Gasteiger partial charge in [0.15, 0.2) is 0 Å². The number of nitrogens with two attached hydrogens (primary N) is 1. The van der Waals surface area contributed by atoms with Crippen LogP contribution in [-0.2, 0) is 0 Å². The molecule has 1 aliphatic heterocycles. The van der Waals surface area contributed by atoms with Crippen LogP contribution in [0.5, 0.6) is 5.75 Å². The van der Waals surface area contributed by atoms with Crippen LogP contribution in [0.25, 0.3) is 0 Å². The summed E-state index contributed by atoms with van der Waals surface area (Å²) in [5.41, 5.74) is 6.67. The molecule has 3 heterocycles. The maximum atomic E-state index is 5.66. The fourth-order valence-electron chi connectivity index (χ4n) is 3.31. The van der Waals surface area contributed by atoms with Crippen molar-refractivity contribution in [2.45, 2.75) is 33.6 Å². The van der Waals surface area contributed by atoms with Crippen LogP contribution in [0.15, 0.2) is 24.4 Å². The summed E-state index contributed by atoms with van der Waals surface area (Å²) in [5.74, 6) is 2.93. The molecule has 7 heteroatoms. The fraction of sp³-hybridized carbons (Fsp3) is 0.500. The SMILES string of the molecule is COc1cc(N2CCC(c3ccc(N)nn3)CC2)nc[c]1[Sn]([CH3])([CH3])[CH3]. The number of aromatic nitrogens is 3. The second-order valence-electron chi connectivity index (χ2n) is 7.64. The van der Waals surface area contributed by atoms with E-state index in [1.165, 1.54) is 3.58 Å². The maximum absolute atomic E-state index is 5.66. The van der Waals surface area contributed by atoms with Gasteiger partial charge in [0.05, 0.1) is 0 Å². The van der Waals surface area contributed by atoms with Gasteiger partial charge in [-0.1, -0.05) is 0 Å². The topological polar surface area (TPSA) is 77.2 Å². The Labute approximate surface area is 153 Å². The predicted octanol–water partition coefficient (Wildman–Crippen LogP) is 2.39. The van der Waals surface area contributed by atoms with E-state index in [4.69, 9.17) is 15.5 Å². The van der Waals surface area contributed by atoms with Crippen LogP contribution in [0.1, 0.15) is 24.5 Å². The molecule has 1 fully saturated rings. The number of pyridine rings is 1. The van der Waals surface area contributed by atoms with Gasteiger partial charge in [0.1, 0.15) is 0 Å². The van der Waals surface area contributed by atoms with E-state index in [9.17, 15) is 0 Å². The molecule has 0 spiro atoms. The quantitative estimate of drug-likeness (QED) is 0.725. The van der Waals surface area contributed by atoms with Crippen molar-refractivity contribution in [2.24, 2.45) is 0 Å². The van der Waals surface area contributed by atoms with E-state index in [1.807, 2.05) is 18.3 Å².